The van der Waals surface area contributed by atoms with Gasteiger partial charge in [-0.1, -0.05) is 41.9 Å². The van der Waals surface area contributed by atoms with Crippen molar-refractivity contribution < 1.29 is 0 Å². The minimum Gasteiger partial charge on any atom is -0.358 e. The van der Waals surface area contributed by atoms with Crippen LogP contribution in [0.2, 0.25) is 5.02 Å². The first kappa shape index (κ1) is 12.3. The molecular formula is C16H15ClN2. The largest absolute Gasteiger partial charge is 0.358 e. The van der Waals surface area contributed by atoms with Gasteiger partial charge in [-0.3, -0.25) is 0 Å². The van der Waals surface area contributed by atoms with Crippen LogP contribution >= 0.6 is 11.6 Å². The second-order valence-electron chi connectivity index (χ2n) is 4.66. The van der Waals surface area contributed by atoms with Crippen molar-refractivity contribution in [2.45, 2.75) is 5.92 Å². The Morgan fingerprint density at radius 1 is 1.05 bits per heavy atom. The van der Waals surface area contributed by atoms with Crippen molar-refractivity contribution in [1.29, 1.82) is 0 Å². The molecule has 0 aliphatic carbocycles. The molecule has 2 aromatic carbocycles. The van der Waals surface area contributed by atoms with Crippen LogP contribution in [0, 0.1) is 0 Å². The van der Waals surface area contributed by atoms with Crippen LogP contribution in [0.1, 0.15) is 17.2 Å². The summed E-state index contributed by atoms with van der Waals surface area (Å²) in [6.07, 6.45) is 0. The maximum Gasteiger partial charge on any atom is 0.0456 e. The molecule has 0 fully saturated rings. The highest BCUT2D eigenvalue weighted by molar-refractivity contribution is 6.30. The molecule has 0 aliphatic rings. The molecule has 1 heterocycles. The van der Waals surface area contributed by atoms with Crippen LogP contribution in [0.4, 0.5) is 0 Å². The third-order valence-electron chi connectivity index (χ3n) is 3.41. The second-order valence-corrected chi connectivity index (χ2v) is 5.09. The molecular weight excluding hydrogens is 256 g/mol. The number of para-hydroxylation sites is 1. The van der Waals surface area contributed by atoms with E-state index in [1.807, 2.05) is 30.3 Å². The molecule has 0 amide bonds. The van der Waals surface area contributed by atoms with Crippen molar-refractivity contribution in [3.63, 3.8) is 0 Å². The van der Waals surface area contributed by atoms with E-state index >= 15 is 0 Å². The lowest BCUT2D eigenvalue weighted by atomic mass is 9.96. The molecule has 0 aliphatic heterocycles. The van der Waals surface area contributed by atoms with Crippen LogP contribution in [-0.2, 0) is 0 Å². The molecule has 3 aromatic rings. The fraction of sp³-hybridized carbons (Fsp3) is 0.125. The Morgan fingerprint density at radius 3 is 2.63 bits per heavy atom. The molecule has 19 heavy (non-hydrogen) atoms. The first-order chi connectivity index (χ1) is 9.28. The number of nitrogens with two attached hydrogens (primary N) is 1. The van der Waals surface area contributed by atoms with Gasteiger partial charge in [0, 0.05) is 28.7 Å². The van der Waals surface area contributed by atoms with E-state index in [1.165, 1.54) is 5.39 Å². The monoisotopic (exact) mass is 270 g/mol. The van der Waals surface area contributed by atoms with Gasteiger partial charge in [0.1, 0.15) is 0 Å². The lowest BCUT2D eigenvalue weighted by Gasteiger charge is -2.14. The van der Waals surface area contributed by atoms with Crippen LogP contribution < -0.4 is 5.73 Å². The highest BCUT2D eigenvalue weighted by atomic mass is 35.5. The Kier molecular flexibility index (Phi) is 3.28. The maximum atomic E-state index is 6.06. The van der Waals surface area contributed by atoms with Gasteiger partial charge in [-0.15, -0.1) is 0 Å². The number of halogens is 1. The van der Waals surface area contributed by atoms with E-state index in [9.17, 15) is 0 Å². The molecule has 0 radical (unpaired) electrons. The number of nitrogens with one attached hydrogen (secondary N) is 1. The highest BCUT2D eigenvalue weighted by Gasteiger charge is 2.15. The molecule has 1 aromatic heterocycles. The zero-order chi connectivity index (χ0) is 13.2. The van der Waals surface area contributed by atoms with Crippen LogP contribution in [0.3, 0.4) is 0 Å². The number of H-pyrrole nitrogens is 1. The van der Waals surface area contributed by atoms with Gasteiger partial charge in [-0.05, 0) is 35.2 Å². The Hall–Kier alpha value is -1.77. The Bertz CT molecular complexity index is 670. The van der Waals surface area contributed by atoms with Crippen molar-refractivity contribution in [2.75, 3.05) is 6.54 Å². The summed E-state index contributed by atoms with van der Waals surface area (Å²) in [6.45, 7) is 0.549. The minimum atomic E-state index is 0.145. The van der Waals surface area contributed by atoms with Crippen molar-refractivity contribution >= 4 is 22.5 Å². The molecule has 1 atom stereocenters. The summed E-state index contributed by atoms with van der Waals surface area (Å²) in [5, 5.41) is 1.95. The van der Waals surface area contributed by atoms with E-state index in [-0.39, 0.29) is 5.92 Å². The molecule has 0 spiro atoms. The van der Waals surface area contributed by atoms with Crippen LogP contribution in [0.15, 0.2) is 54.6 Å². The Balaban J connectivity index is 2.06. The SMILES string of the molecule is NCC(c1cccc(Cl)c1)c1cc2ccccc2[nH]1. The topological polar surface area (TPSA) is 41.8 Å². The first-order valence-electron chi connectivity index (χ1n) is 6.31. The summed E-state index contributed by atoms with van der Waals surface area (Å²) in [7, 11) is 0. The smallest absolute Gasteiger partial charge is 0.0456 e. The minimum absolute atomic E-state index is 0.145. The molecule has 1 unspecified atom stereocenters. The third-order valence-corrected chi connectivity index (χ3v) is 3.65. The van der Waals surface area contributed by atoms with Crippen LogP contribution in [0.25, 0.3) is 10.9 Å². The predicted octanol–water partition coefficient (Wildman–Crippen LogP) is 3.91. The van der Waals surface area contributed by atoms with E-state index in [4.69, 9.17) is 17.3 Å². The van der Waals surface area contributed by atoms with E-state index in [2.05, 4.69) is 29.2 Å². The van der Waals surface area contributed by atoms with Crippen LogP contribution in [0.5, 0.6) is 0 Å². The van der Waals surface area contributed by atoms with Crippen molar-refractivity contribution in [1.82, 2.24) is 4.98 Å². The zero-order valence-electron chi connectivity index (χ0n) is 10.4. The summed E-state index contributed by atoms with van der Waals surface area (Å²) in [5.41, 5.74) is 9.35. The molecule has 3 heteroatoms. The fourth-order valence-corrected chi connectivity index (χ4v) is 2.65. The van der Waals surface area contributed by atoms with Gasteiger partial charge in [-0.2, -0.15) is 0 Å². The summed E-state index contributed by atoms with van der Waals surface area (Å²) in [4.78, 5) is 3.44. The van der Waals surface area contributed by atoms with Gasteiger partial charge >= 0.3 is 0 Å². The van der Waals surface area contributed by atoms with E-state index in [0.717, 1.165) is 21.8 Å². The summed E-state index contributed by atoms with van der Waals surface area (Å²) < 4.78 is 0. The third kappa shape index (κ3) is 2.37. The van der Waals surface area contributed by atoms with E-state index in [1.54, 1.807) is 0 Å². The highest BCUT2D eigenvalue weighted by Crippen LogP contribution is 2.27. The molecule has 2 nitrogen and oxygen atoms in total. The van der Waals surface area contributed by atoms with Gasteiger partial charge in [0.25, 0.3) is 0 Å². The summed E-state index contributed by atoms with van der Waals surface area (Å²) in [6, 6.07) is 18.3. The molecule has 3 rings (SSSR count). The Morgan fingerprint density at radius 2 is 1.89 bits per heavy atom. The number of benzene rings is 2. The first-order valence-corrected chi connectivity index (χ1v) is 6.69. The van der Waals surface area contributed by atoms with Crippen molar-refractivity contribution in [3.05, 3.63) is 70.9 Å². The molecule has 0 bridgehead atoms. The Labute approximate surface area is 117 Å². The lowest BCUT2D eigenvalue weighted by molar-refractivity contribution is 0.797. The lowest BCUT2D eigenvalue weighted by Crippen LogP contribution is -2.14. The van der Waals surface area contributed by atoms with Crippen LogP contribution in [-0.4, -0.2) is 11.5 Å². The maximum absolute atomic E-state index is 6.06. The second kappa shape index (κ2) is 5.08. The number of fused-ring (bicyclic) bond motifs is 1. The predicted molar refractivity (Wildman–Crippen MR) is 80.6 cm³/mol. The quantitative estimate of drug-likeness (QED) is 0.744. The van der Waals surface area contributed by atoms with Gasteiger partial charge in [0.2, 0.25) is 0 Å². The number of rotatable bonds is 3. The number of hydrogen-bond donors (Lipinski definition) is 2. The molecule has 3 N–H and O–H groups in total. The number of aromatic amines is 1. The average Bonchev–Trinajstić information content (AvgIpc) is 2.83. The molecule has 96 valence electrons. The van der Waals surface area contributed by atoms with E-state index in [0.29, 0.717) is 6.54 Å². The van der Waals surface area contributed by atoms with Gasteiger partial charge < -0.3 is 10.7 Å². The summed E-state index contributed by atoms with van der Waals surface area (Å²) >= 11 is 6.06. The van der Waals surface area contributed by atoms with Crippen molar-refractivity contribution in [3.8, 4) is 0 Å². The average molecular weight is 271 g/mol. The summed E-state index contributed by atoms with van der Waals surface area (Å²) in [5.74, 6) is 0.145. The van der Waals surface area contributed by atoms with Gasteiger partial charge in [0.05, 0.1) is 0 Å². The normalized spacial score (nSPS) is 12.7. The van der Waals surface area contributed by atoms with E-state index < -0.39 is 0 Å². The zero-order valence-corrected chi connectivity index (χ0v) is 11.2. The standard InChI is InChI=1S/C16H15ClN2/c17-13-6-3-5-11(8-13)14(10-18)16-9-12-4-1-2-7-15(12)19-16/h1-9,14,19H,10,18H2. The molecule has 0 saturated heterocycles. The van der Waals surface area contributed by atoms with Gasteiger partial charge in [-0.25, -0.2) is 0 Å². The van der Waals surface area contributed by atoms with Gasteiger partial charge in [0.15, 0.2) is 0 Å². The fourth-order valence-electron chi connectivity index (χ4n) is 2.45. The molecule has 0 saturated carbocycles. The number of aromatic nitrogens is 1. The van der Waals surface area contributed by atoms with Crippen molar-refractivity contribution in [2.24, 2.45) is 5.73 Å². The number of hydrogen-bond acceptors (Lipinski definition) is 1.